The van der Waals surface area contributed by atoms with Gasteiger partial charge in [0.15, 0.2) is 0 Å². The number of para-hydroxylation sites is 1. The fraction of sp³-hybridized carbons (Fsp3) is 0.261. The number of benzene rings is 2. The molecule has 4 rings (SSSR count). The summed E-state index contributed by atoms with van der Waals surface area (Å²) in [6, 6.07) is 15.5. The summed E-state index contributed by atoms with van der Waals surface area (Å²) in [5, 5.41) is 0. The topological polar surface area (TPSA) is 48.0 Å². The van der Waals surface area contributed by atoms with Gasteiger partial charge in [-0.15, -0.1) is 11.3 Å². The highest BCUT2D eigenvalue weighted by atomic mass is 32.1. The third-order valence-electron chi connectivity index (χ3n) is 4.75. The van der Waals surface area contributed by atoms with Crippen LogP contribution in [0.15, 0.2) is 48.5 Å². The molecule has 0 saturated carbocycles. The second-order valence-corrected chi connectivity index (χ2v) is 8.16. The fourth-order valence-corrected chi connectivity index (χ4v) is 4.40. The van der Waals surface area contributed by atoms with Crippen LogP contribution in [0, 0.1) is 0 Å². The summed E-state index contributed by atoms with van der Waals surface area (Å²) in [6.45, 7) is 1.29. The average molecular weight is 410 g/mol. The quantitative estimate of drug-likeness (QED) is 0.319. The molecule has 0 spiro atoms. The lowest BCUT2D eigenvalue weighted by atomic mass is 10.0. The Balaban J connectivity index is 1.71. The van der Waals surface area contributed by atoms with E-state index in [0.717, 1.165) is 46.0 Å². The molecule has 3 aromatic rings. The minimum absolute atomic E-state index is 0.282. The third kappa shape index (κ3) is 3.99. The number of carbonyl (C=O) groups is 1. The van der Waals surface area contributed by atoms with Gasteiger partial charge in [0.05, 0.1) is 13.7 Å². The second kappa shape index (κ2) is 8.27. The maximum absolute atomic E-state index is 12.6. The van der Waals surface area contributed by atoms with Crippen molar-refractivity contribution in [2.45, 2.75) is 6.42 Å². The molecule has 0 saturated heterocycles. The summed E-state index contributed by atoms with van der Waals surface area (Å²) in [5.41, 5.74) is 2.88. The van der Waals surface area contributed by atoms with Gasteiger partial charge in [0.25, 0.3) is 0 Å². The number of hydrogen-bond donors (Lipinski definition) is 0. The van der Waals surface area contributed by atoms with Gasteiger partial charge in [-0.1, -0.05) is 18.2 Å². The van der Waals surface area contributed by atoms with Crippen molar-refractivity contribution in [3.8, 4) is 38.8 Å². The third-order valence-corrected chi connectivity index (χ3v) is 5.90. The smallest absolute Gasteiger partial charge is 0.348 e. The van der Waals surface area contributed by atoms with E-state index in [1.807, 2.05) is 62.6 Å². The number of thiophene rings is 1. The van der Waals surface area contributed by atoms with E-state index in [9.17, 15) is 4.79 Å². The minimum Gasteiger partial charge on any atom is -0.497 e. The molecule has 29 heavy (non-hydrogen) atoms. The predicted octanol–water partition coefficient (Wildman–Crippen LogP) is 5.30. The van der Waals surface area contributed by atoms with Crippen LogP contribution in [0.2, 0.25) is 0 Å². The van der Waals surface area contributed by atoms with Gasteiger partial charge in [0.1, 0.15) is 22.1 Å². The molecule has 5 nitrogen and oxygen atoms in total. The minimum atomic E-state index is -0.282. The number of fused-ring (bicyclic) bond motifs is 5. The Kier molecular flexibility index (Phi) is 5.56. The van der Waals surface area contributed by atoms with Gasteiger partial charge in [-0.3, -0.25) is 0 Å². The van der Waals surface area contributed by atoms with Gasteiger partial charge in [0.2, 0.25) is 0 Å². The summed E-state index contributed by atoms with van der Waals surface area (Å²) in [5.74, 6) is 1.91. The molecule has 0 amide bonds. The van der Waals surface area contributed by atoms with Crippen LogP contribution in [0.25, 0.3) is 21.6 Å². The Labute approximate surface area is 174 Å². The Morgan fingerprint density at radius 3 is 2.66 bits per heavy atom. The number of rotatable bonds is 6. The summed E-state index contributed by atoms with van der Waals surface area (Å²) < 4.78 is 17.0. The summed E-state index contributed by atoms with van der Waals surface area (Å²) in [6.07, 6.45) is 0.809. The standard InChI is InChI=1S/C23H23NO4S/c1-24(2)11-6-12-27-23(25)21-14-18-16-7-4-5-8-19(16)28-20-13-15(26-3)9-10-17(20)22(18)29-21/h4-5,7-10,13-14H,6,11-12H2,1-3H3. The van der Waals surface area contributed by atoms with Crippen molar-refractivity contribution >= 4 is 17.3 Å². The van der Waals surface area contributed by atoms with Crippen LogP contribution in [0.3, 0.4) is 0 Å². The van der Waals surface area contributed by atoms with Crippen LogP contribution in [0.1, 0.15) is 16.1 Å². The molecule has 0 atom stereocenters. The Morgan fingerprint density at radius 2 is 1.86 bits per heavy atom. The maximum Gasteiger partial charge on any atom is 0.348 e. The number of hydrogen-bond acceptors (Lipinski definition) is 6. The molecule has 0 aliphatic carbocycles. The lowest BCUT2D eigenvalue weighted by Crippen LogP contribution is -2.16. The zero-order valence-electron chi connectivity index (χ0n) is 16.7. The van der Waals surface area contributed by atoms with Gasteiger partial charge in [-0.2, -0.15) is 0 Å². The van der Waals surface area contributed by atoms with Crippen molar-refractivity contribution in [1.82, 2.24) is 4.90 Å². The van der Waals surface area contributed by atoms with Gasteiger partial charge in [-0.25, -0.2) is 4.79 Å². The zero-order chi connectivity index (χ0) is 20.4. The summed E-state index contributed by atoms with van der Waals surface area (Å²) >= 11 is 1.44. The van der Waals surface area contributed by atoms with E-state index < -0.39 is 0 Å². The fourth-order valence-electron chi connectivity index (χ4n) is 3.31. The SMILES string of the molecule is COc1ccc2c(c1)Oc1ccccc1-c1cc(C(=O)OCCCN(C)C)sc1-2. The van der Waals surface area contributed by atoms with E-state index >= 15 is 0 Å². The average Bonchev–Trinajstić information content (AvgIpc) is 3.11. The van der Waals surface area contributed by atoms with Crippen LogP contribution in [0.4, 0.5) is 0 Å². The van der Waals surface area contributed by atoms with Gasteiger partial charge in [-0.05, 0) is 44.8 Å². The number of nitrogens with zero attached hydrogens (tertiary/aromatic N) is 1. The first-order valence-corrected chi connectivity index (χ1v) is 10.3. The predicted molar refractivity (Wildman–Crippen MR) is 115 cm³/mol. The normalized spacial score (nSPS) is 11.7. The van der Waals surface area contributed by atoms with Crippen LogP contribution in [0.5, 0.6) is 17.2 Å². The van der Waals surface area contributed by atoms with Crippen molar-refractivity contribution in [2.75, 3.05) is 34.4 Å². The molecule has 2 heterocycles. The van der Waals surface area contributed by atoms with E-state index in [2.05, 4.69) is 4.90 Å². The molecule has 1 aliphatic rings. The first-order chi connectivity index (χ1) is 14.1. The van der Waals surface area contributed by atoms with Crippen LogP contribution in [-0.4, -0.2) is 45.2 Å². The molecule has 150 valence electrons. The molecular formula is C23H23NO4S. The van der Waals surface area contributed by atoms with Crippen molar-refractivity contribution < 1.29 is 19.0 Å². The van der Waals surface area contributed by atoms with Gasteiger partial charge >= 0.3 is 5.97 Å². The van der Waals surface area contributed by atoms with Crippen molar-refractivity contribution in [3.05, 3.63) is 53.4 Å². The Hall–Kier alpha value is -2.83. The lowest BCUT2D eigenvalue weighted by Gasteiger charge is -2.10. The number of carbonyl (C=O) groups excluding carboxylic acids is 1. The van der Waals surface area contributed by atoms with E-state index in [0.29, 0.717) is 17.2 Å². The Bertz CT molecular complexity index is 1040. The second-order valence-electron chi connectivity index (χ2n) is 7.11. The van der Waals surface area contributed by atoms with E-state index in [1.54, 1.807) is 7.11 Å². The number of ether oxygens (including phenoxy) is 3. The van der Waals surface area contributed by atoms with Crippen molar-refractivity contribution in [3.63, 3.8) is 0 Å². The maximum atomic E-state index is 12.6. The van der Waals surface area contributed by atoms with E-state index in [4.69, 9.17) is 14.2 Å². The molecule has 0 bridgehead atoms. The number of esters is 1. The molecule has 6 heteroatoms. The summed E-state index contributed by atoms with van der Waals surface area (Å²) in [7, 11) is 5.64. The van der Waals surface area contributed by atoms with Crippen molar-refractivity contribution in [2.24, 2.45) is 0 Å². The monoisotopic (exact) mass is 409 g/mol. The van der Waals surface area contributed by atoms with E-state index in [-0.39, 0.29) is 5.97 Å². The highest BCUT2D eigenvalue weighted by Crippen LogP contribution is 2.50. The molecule has 0 unspecified atom stereocenters. The van der Waals surface area contributed by atoms with Crippen LogP contribution >= 0.6 is 11.3 Å². The van der Waals surface area contributed by atoms with Crippen LogP contribution < -0.4 is 9.47 Å². The largest absolute Gasteiger partial charge is 0.497 e. The van der Waals surface area contributed by atoms with Gasteiger partial charge < -0.3 is 19.1 Å². The molecule has 2 aromatic carbocycles. The molecule has 0 N–H and O–H groups in total. The molecule has 1 aliphatic heterocycles. The molecule has 1 aromatic heterocycles. The number of methoxy groups -OCH3 is 1. The first-order valence-electron chi connectivity index (χ1n) is 9.48. The van der Waals surface area contributed by atoms with Crippen LogP contribution in [-0.2, 0) is 4.74 Å². The molecule has 0 radical (unpaired) electrons. The highest BCUT2D eigenvalue weighted by Gasteiger charge is 2.25. The van der Waals surface area contributed by atoms with E-state index in [1.165, 1.54) is 11.3 Å². The van der Waals surface area contributed by atoms with Gasteiger partial charge in [0, 0.05) is 34.2 Å². The molecule has 0 fully saturated rings. The Morgan fingerprint density at radius 1 is 1.03 bits per heavy atom. The first kappa shape index (κ1) is 19.5. The zero-order valence-corrected chi connectivity index (χ0v) is 17.5. The molecular weight excluding hydrogens is 386 g/mol. The highest BCUT2D eigenvalue weighted by molar-refractivity contribution is 7.18. The van der Waals surface area contributed by atoms with Crippen molar-refractivity contribution in [1.29, 1.82) is 0 Å². The summed E-state index contributed by atoms with van der Waals surface area (Å²) in [4.78, 5) is 16.3. The lowest BCUT2D eigenvalue weighted by molar-refractivity contribution is 0.0499.